The van der Waals surface area contributed by atoms with E-state index in [2.05, 4.69) is 49.7 Å². The SMILES string of the molecule is CN(C)C[CH-]c1ccccc1.[K+]. The summed E-state index contributed by atoms with van der Waals surface area (Å²) in [6.45, 7) is 1.00. The molecule has 0 radical (unpaired) electrons. The zero-order valence-corrected chi connectivity index (χ0v) is 11.2. The van der Waals surface area contributed by atoms with Crippen LogP contribution in [0.5, 0.6) is 0 Å². The van der Waals surface area contributed by atoms with Gasteiger partial charge in [-0.1, -0.05) is 6.07 Å². The van der Waals surface area contributed by atoms with Crippen LogP contribution in [0.2, 0.25) is 0 Å². The standard InChI is InChI=1S/C10H14N.K/c1-11(2)9-8-10-6-4-3-5-7-10;/h3-8H,9H2,1-2H3;/q-1;+1. The number of hydrogen-bond acceptors (Lipinski definition) is 1. The molecule has 1 aromatic carbocycles. The molecular formula is C10H14KN. The maximum absolute atomic E-state index is 2.21. The van der Waals surface area contributed by atoms with Crippen LogP contribution in [0.4, 0.5) is 0 Å². The van der Waals surface area contributed by atoms with E-state index in [1.165, 1.54) is 5.56 Å². The second kappa shape index (κ2) is 7.12. The zero-order chi connectivity index (χ0) is 8.10. The molecule has 1 rings (SSSR count). The van der Waals surface area contributed by atoms with Gasteiger partial charge in [0.15, 0.2) is 0 Å². The number of nitrogens with zero attached hydrogens (tertiary/aromatic N) is 1. The van der Waals surface area contributed by atoms with Crippen molar-refractivity contribution in [2.45, 2.75) is 0 Å². The van der Waals surface area contributed by atoms with Crippen LogP contribution in [0.25, 0.3) is 0 Å². The van der Waals surface area contributed by atoms with E-state index in [0.717, 1.165) is 6.54 Å². The molecule has 0 saturated carbocycles. The normalized spacial score (nSPS) is 9.25. The van der Waals surface area contributed by atoms with Gasteiger partial charge in [-0.2, -0.15) is 24.1 Å². The maximum atomic E-state index is 2.21. The Morgan fingerprint density at radius 3 is 2.25 bits per heavy atom. The van der Waals surface area contributed by atoms with Crippen molar-refractivity contribution in [3.05, 3.63) is 42.3 Å². The van der Waals surface area contributed by atoms with E-state index in [1.807, 2.05) is 6.07 Å². The molecule has 0 heterocycles. The summed E-state index contributed by atoms with van der Waals surface area (Å²) in [6.07, 6.45) is 2.21. The molecule has 0 aliphatic carbocycles. The minimum atomic E-state index is 0. The van der Waals surface area contributed by atoms with Crippen molar-refractivity contribution < 1.29 is 51.4 Å². The Labute approximate surface area is 118 Å². The molecule has 0 amide bonds. The molecule has 0 N–H and O–H groups in total. The first-order valence-corrected chi connectivity index (χ1v) is 3.82. The van der Waals surface area contributed by atoms with Crippen molar-refractivity contribution >= 4 is 0 Å². The van der Waals surface area contributed by atoms with Gasteiger partial charge in [0.05, 0.1) is 0 Å². The molecule has 0 unspecified atom stereocenters. The summed E-state index contributed by atoms with van der Waals surface area (Å²) in [6, 6.07) is 10.4. The number of rotatable bonds is 3. The van der Waals surface area contributed by atoms with Crippen LogP contribution in [-0.2, 0) is 0 Å². The first kappa shape index (κ1) is 12.7. The molecule has 1 aromatic rings. The van der Waals surface area contributed by atoms with E-state index >= 15 is 0 Å². The first-order valence-electron chi connectivity index (χ1n) is 3.82. The predicted octanol–water partition coefficient (Wildman–Crippen LogP) is -1.20. The number of hydrogen-bond donors (Lipinski definition) is 0. The Morgan fingerprint density at radius 1 is 1.17 bits per heavy atom. The smallest absolute Gasteiger partial charge is 0.317 e. The van der Waals surface area contributed by atoms with Gasteiger partial charge in [0.1, 0.15) is 0 Å². The molecule has 0 spiro atoms. The minimum absolute atomic E-state index is 0. The van der Waals surface area contributed by atoms with Crippen LogP contribution < -0.4 is 51.4 Å². The molecule has 0 fully saturated rings. The summed E-state index contributed by atoms with van der Waals surface area (Å²) in [7, 11) is 4.14. The van der Waals surface area contributed by atoms with Crippen molar-refractivity contribution in [3.63, 3.8) is 0 Å². The zero-order valence-electron chi connectivity index (χ0n) is 8.12. The van der Waals surface area contributed by atoms with E-state index in [4.69, 9.17) is 0 Å². The average Bonchev–Trinajstić information content (AvgIpc) is 2.03. The van der Waals surface area contributed by atoms with E-state index in [9.17, 15) is 0 Å². The number of likely N-dealkylation sites (N-methyl/N-ethyl adjacent to an activating group) is 1. The molecule has 0 atom stereocenters. The van der Waals surface area contributed by atoms with Crippen LogP contribution in [0, 0.1) is 6.42 Å². The van der Waals surface area contributed by atoms with Crippen molar-refractivity contribution in [1.82, 2.24) is 4.90 Å². The molecule has 60 valence electrons. The molecule has 1 nitrogen and oxygen atoms in total. The molecule has 0 bridgehead atoms. The minimum Gasteiger partial charge on any atom is -0.317 e. The molecule has 0 aliphatic heterocycles. The maximum Gasteiger partial charge on any atom is 1.00 e. The van der Waals surface area contributed by atoms with Crippen LogP contribution in [0.15, 0.2) is 30.3 Å². The van der Waals surface area contributed by atoms with Gasteiger partial charge in [0.2, 0.25) is 0 Å². The average molecular weight is 187 g/mol. The van der Waals surface area contributed by atoms with Crippen LogP contribution in [-0.4, -0.2) is 25.5 Å². The first-order chi connectivity index (χ1) is 5.29. The van der Waals surface area contributed by atoms with Gasteiger partial charge < -0.3 is 4.90 Å². The van der Waals surface area contributed by atoms with Gasteiger partial charge in [-0.05, 0) is 20.6 Å². The van der Waals surface area contributed by atoms with Crippen molar-refractivity contribution in [2.75, 3.05) is 20.6 Å². The third-order valence-corrected chi connectivity index (χ3v) is 1.49. The molecular weight excluding hydrogens is 173 g/mol. The van der Waals surface area contributed by atoms with Gasteiger partial charge in [-0.25, -0.2) is 0 Å². The summed E-state index contributed by atoms with van der Waals surface area (Å²) in [4.78, 5) is 2.15. The van der Waals surface area contributed by atoms with E-state index in [0.29, 0.717) is 0 Å². The van der Waals surface area contributed by atoms with Crippen molar-refractivity contribution in [2.24, 2.45) is 0 Å². The monoisotopic (exact) mass is 187 g/mol. The van der Waals surface area contributed by atoms with E-state index < -0.39 is 0 Å². The van der Waals surface area contributed by atoms with Crippen LogP contribution in [0.3, 0.4) is 0 Å². The molecule has 0 aliphatic rings. The summed E-state index contributed by atoms with van der Waals surface area (Å²) in [5, 5.41) is 0. The van der Waals surface area contributed by atoms with Gasteiger partial charge in [0, 0.05) is 0 Å². The van der Waals surface area contributed by atoms with Gasteiger partial charge >= 0.3 is 51.4 Å². The third kappa shape index (κ3) is 5.35. The van der Waals surface area contributed by atoms with Crippen molar-refractivity contribution in [3.8, 4) is 0 Å². The van der Waals surface area contributed by atoms with Crippen molar-refractivity contribution in [1.29, 1.82) is 0 Å². The molecule has 12 heavy (non-hydrogen) atoms. The third-order valence-electron chi connectivity index (χ3n) is 1.49. The fourth-order valence-electron chi connectivity index (χ4n) is 0.877. The van der Waals surface area contributed by atoms with E-state index in [1.54, 1.807) is 0 Å². The molecule has 0 aromatic heterocycles. The Morgan fingerprint density at radius 2 is 1.75 bits per heavy atom. The molecule has 2 heteroatoms. The van der Waals surface area contributed by atoms with Crippen LogP contribution >= 0.6 is 0 Å². The Bertz CT molecular complexity index is 196. The summed E-state index contributed by atoms with van der Waals surface area (Å²) in [5.41, 5.74) is 1.29. The fraction of sp³-hybridized carbons (Fsp3) is 0.300. The second-order valence-corrected chi connectivity index (χ2v) is 2.88. The second-order valence-electron chi connectivity index (χ2n) is 2.88. The summed E-state index contributed by atoms with van der Waals surface area (Å²) < 4.78 is 0. The Kier molecular flexibility index (Phi) is 7.53. The topological polar surface area (TPSA) is 3.24 Å². The molecule has 0 saturated heterocycles. The predicted molar refractivity (Wildman–Crippen MR) is 48.4 cm³/mol. The van der Waals surface area contributed by atoms with E-state index in [-0.39, 0.29) is 51.4 Å². The quantitative estimate of drug-likeness (QED) is 0.425. The summed E-state index contributed by atoms with van der Waals surface area (Å²) >= 11 is 0. The largest absolute Gasteiger partial charge is 1.00 e. The summed E-state index contributed by atoms with van der Waals surface area (Å²) in [5.74, 6) is 0. The Hall–Kier alpha value is 0.686. The number of benzene rings is 1. The fourth-order valence-corrected chi connectivity index (χ4v) is 0.877. The van der Waals surface area contributed by atoms with Gasteiger partial charge in [-0.15, -0.1) is 12.1 Å². The Balaban J connectivity index is 0.00000121. The van der Waals surface area contributed by atoms with Gasteiger partial charge in [0.25, 0.3) is 0 Å². The van der Waals surface area contributed by atoms with Gasteiger partial charge in [-0.3, -0.25) is 0 Å². The van der Waals surface area contributed by atoms with Crippen LogP contribution in [0.1, 0.15) is 5.56 Å².